The van der Waals surface area contributed by atoms with Crippen LogP contribution in [0, 0.1) is 0 Å². The van der Waals surface area contributed by atoms with Gasteiger partial charge < -0.3 is 14.4 Å². The molecule has 1 amide bonds. The predicted octanol–water partition coefficient (Wildman–Crippen LogP) is 4.65. The van der Waals surface area contributed by atoms with Crippen LogP contribution in [0.1, 0.15) is 16.7 Å². The van der Waals surface area contributed by atoms with Gasteiger partial charge in [-0.15, -0.1) is 0 Å². The molecule has 5 nitrogen and oxygen atoms in total. The molecule has 0 fully saturated rings. The summed E-state index contributed by atoms with van der Waals surface area (Å²) >= 11 is 0. The summed E-state index contributed by atoms with van der Waals surface area (Å²) < 4.78 is 11.0. The number of esters is 1. The number of amides is 1. The summed E-state index contributed by atoms with van der Waals surface area (Å²) in [5.74, 6) is -0.558. The zero-order valence-electron chi connectivity index (χ0n) is 17.6. The van der Waals surface area contributed by atoms with E-state index >= 15 is 0 Å². The number of likely N-dealkylation sites (N-methyl/N-ethyl adjacent to an activating group) is 1. The average molecular weight is 418 g/mol. The molecule has 0 bridgehead atoms. The maximum Gasteiger partial charge on any atom is 0.410 e. The van der Waals surface area contributed by atoms with Gasteiger partial charge in [0.05, 0.1) is 0 Å². The third-order valence-corrected chi connectivity index (χ3v) is 4.88. The fraction of sp³-hybridized carbons (Fsp3) is 0.231. The number of carbonyl (C=O) groups excluding carboxylic acids is 2. The van der Waals surface area contributed by atoms with E-state index in [4.69, 9.17) is 9.47 Å². The Labute approximate surface area is 183 Å². The Balaban J connectivity index is 1.60. The van der Waals surface area contributed by atoms with Crippen LogP contribution in [0.15, 0.2) is 91.0 Å². The van der Waals surface area contributed by atoms with Crippen molar-refractivity contribution in [2.45, 2.75) is 25.6 Å². The van der Waals surface area contributed by atoms with E-state index in [1.807, 2.05) is 91.0 Å². The highest BCUT2D eigenvalue weighted by Crippen LogP contribution is 2.12. The highest BCUT2D eigenvalue weighted by atomic mass is 16.6. The van der Waals surface area contributed by atoms with Crippen molar-refractivity contribution in [2.24, 2.45) is 0 Å². The SMILES string of the molecule is CN(CCc1ccccc1)C(=O)O[C@@H](Cc1ccccc1)C(=O)OCc1ccccc1. The minimum absolute atomic E-state index is 0.131. The molecule has 3 rings (SSSR count). The lowest BCUT2D eigenvalue weighted by molar-refractivity contribution is -0.155. The van der Waals surface area contributed by atoms with Crippen molar-refractivity contribution in [1.82, 2.24) is 4.90 Å². The first-order valence-corrected chi connectivity index (χ1v) is 10.3. The van der Waals surface area contributed by atoms with Crippen molar-refractivity contribution in [1.29, 1.82) is 0 Å². The van der Waals surface area contributed by atoms with E-state index < -0.39 is 18.2 Å². The summed E-state index contributed by atoms with van der Waals surface area (Å²) in [5.41, 5.74) is 2.90. The summed E-state index contributed by atoms with van der Waals surface area (Å²) in [6, 6.07) is 28.8. The van der Waals surface area contributed by atoms with Crippen LogP contribution in [-0.2, 0) is 33.7 Å². The minimum atomic E-state index is -1.02. The maximum absolute atomic E-state index is 12.7. The normalized spacial score (nSPS) is 11.4. The number of nitrogens with zero attached hydrogens (tertiary/aromatic N) is 1. The van der Waals surface area contributed by atoms with Crippen molar-refractivity contribution in [2.75, 3.05) is 13.6 Å². The third-order valence-electron chi connectivity index (χ3n) is 4.88. The van der Waals surface area contributed by atoms with Crippen molar-refractivity contribution in [3.8, 4) is 0 Å². The second-order valence-corrected chi connectivity index (χ2v) is 7.31. The topological polar surface area (TPSA) is 55.8 Å². The lowest BCUT2D eigenvalue weighted by Crippen LogP contribution is -2.37. The smallest absolute Gasteiger partial charge is 0.410 e. The lowest BCUT2D eigenvalue weighted by Gasteiger charge is -2.22. The second-order valence-electron chi connectivity index (χ2n) is 7.31. The van der Waals surface area contributed by atoms with E-state index in [2.05, 4.69) is 0 Å². The standard InChI is InChI=1S/C26H27NO4/c1-27(18-17-21-11-5-2-6-12-21)26(29)31-24(19-22-13-7-3-8-14-22)25(28)30-20-23-15-9-4-10-16-23/h2-16,24H,17-20H2,1H3/t24-/m0/s1. The average Bonchev–Trinajstić information content (AvgIpc) is 2.82. The summed E-state index contributed by atoms with van der Waals surface area (Å²) in [7, 11) is 1.67. The molecule has 0 N–H and O–H groups in total. The van der Waals surface area contributed by atoms with Crippen LogP contribution < -0.4 is 0 Å². The molecule has 3 aromatic rings. The molecule has 1 atom stereocenters. The quantitative estimate of drug-likeness (QED) is 0.476. The van der Waals surface area contributed by atoms with Gasteiger partial charge in [-0.1, -0.05) is 91.0 Å². The second kappa shape index (κ2) is 11.6. The fourth-order valence-electron chi connectivity index (χ4n) is 3.07. The monoisotopic (exact) mass is 417 g/mol. The number of rotatable bonds is 9. The Kier molecular flexibility index (Phi) is 8.23. The van der Waals surface area contributed by atoms with Crippen LogP contribution in [0.3, 0.4) is 0 Å². The molecule has 0 saturated heterocycles. The molecule has 31 heavy (non-hydrogen) atoms. The van der Waals surface area contributed by atoms with Gasteiger partial charge in [0.1, 0.15) is 6.61 Å². The van der Waals surface area contributed by atoms with Crippen molar-refractivity contribution < 1.29 is 19.1 Å². The van der Waals surface area contributed by atoms with Crippen molar-refractivity contribution in [3.05, 3.63) is 108 Å². The molecular weight excluding hydrogens is 390 g/mol. The Morgan fingerprint density at radius 3 is 1.87 bits per heavy atom. The number of benzene rings is 3. The molecular formula is C26H27NO4. The number of hydrogen-bond acceptors (Lipinski definition) is 4. The molecule has 0 aliphatic heterocycles. The summed E-state index contributed by atoms with van der Waals surface area (Å²) in [4.78, 5) is 26.9. The Morgan fingerprint density at radius 2 is 1.29 bits per heavy atom. The molecule has 0 saturated carbocycles. The molecule has 0 heterocycles. The molecule has 0 radical (unpaired) electrons. The number of carbonyl (C=O) groups is 2. The first-order valence-electron chi connectivity index (χ1n) is 10.3. The fourth-order valence-corrected chi connectivity index (χ4v) is 3.07. The van der Waals surface area contributed by atoms with Gasteiger partial charge in [0, 0.05) is 20.0 Å². The molecule has 0 unspecified atom stereocenters. The van der Waals surface area contributed by atoms with Gasteiger partial charge >= 0.3 is 12.1 Å². The zero-order chi connectivity index (χ0) is 21.9. The summed E-state index contributed by atoms with van der Waals surface area (Å²) in [6.07, 6.45) is -0.604. The molecule has 160 valence electrons. The largest absolute Gasteiger partial charge is 0.458 e. The lowest BCUT2D eigenvalue weighted by atomic mass is 10.1. The van der Waals surface area contributed by atoms with Crippen LogP contribution in [0.4, 0.5) is 4.79 Å². The van der Waals surface area contributed by atoms with E-state index in [1.165, 1.54) is 4.90 Å². The van der Waals surface area contributed by atoms with E-state index in [9.17, 15) is 9.59 Å². The van der Waals surface area contributed by atoms with Crippen molar-refractivity contribution in [3.63, 3.8) is 0 Å². The molecule has 5 heteroatoms. The minimum Gasteiger partial charge on any atom is -0.458 e. The highest BCUT2D eigenvalue weighted by Gasteiger charge is 2.26. The summed E-state index contributed by atoms with van der Waals surface area (Å²) in [5, 5.41) is 0. The first-order chi connectivity index (χ1) is 15.1. The van der Waals surface area contributed by atoms with Gasteiger partial charge in [-0.2, -0.15) is 0 Å². The molecule has 0 aliphatic carbocycles. The van der Waals surface area contributed by atoms with E-state index in [-0.39, 0.29) is 13.0 Å². The molecule has 0 aromatic heterocycles. The van der Waals surface area contributed by atoms with Gasteiger partial charge in [0.2, 0.25) is 6.10 Å². The Morgan fingerprint density at radius 1 is 0.774 bits per heavy atom. The van der Waals surface area contributed by atoms with Crippen LogP contribution >= 0.6 is 0 Å². The Hall–Kier alpha value is -3.60. The van der Waals surface area contributed by atoms with E-state index in [0.717, 1.165) is 16.7 Å². The van der Waals surface area contributed by atoms with Crippen LogP contribution in [0.25, 0.3) is 0 Å². The highest BCUT2D eigenvalue weighted by molar-refractivity contribution is 5.79. The van der Waals surface area contributed by atoms with Gasteiger partial charge in [-0.05, 0) is 23.1 Å². The van der Waals surface area contributed by atoms with E-state index in [1.54, 1.807) is 7.05 Å². The van der Waals surface area contributed by atoms with Crippen molar-refractivity contribution >= 4 is 12.1 Å². The maximum atomic E-state index is 12.7. The summed E-state index contributed by atoms with van der Waals surface area (Å²) in [6.45, 7) is 0.617. The van der Waals surface area contributed by atoms with Gasteiger partial charge in [-0.3, -0.25) is 0 Å². The zero-order valence-corrected chi connectivity index (χ0v) is 17.6. The number of hydrogen-bond donors (Lipinski definition) is 0. The Bertz CT molecular complexity index is 945. The number of ether oxygens (including phenoxy) is 2. The molecule has 0 aliphatic rings. The van der Waals surface area contributed by atoms with E-state index in [0.29, 0.717) is 13.0 Å². The van der Waals surface area contributed by atoms with Crippen LogP contribution in [-0.4, -0.2) is 36.7 Å². The van der Waals surface area contributed by atoms with Gasteiger partial charge in [0.25, 0.3) is 0 Å². The van der Waals surface area contributed by atoms with Crippen LogP contribution in [0.2, 0.25) is 0 Å². The first kappa shape index (κ1) is 22.1. The molecule has 3 aromatic carbocycles. The molecule has 0 spiro atoms. The van der Waals surface area contributed by atoms with Gasteiger partial charge in [0.15, 0.2) is 0 Å². The van der Waals surface area contributed by atoms with Gasteiger partial charge in [-0.25, -0.2) is 9.59 Å². The predicted molar refractivity (Wildman–Crippen MR) is 119 cm³/mol. The van der Waals surface area contributed by atoms with Crippen LogP contribution in [0.5, 0.6) is 0 Å². The third kappa shape index (κ3) is 7.30.